The van der Waals surface area contributed by atoms with Crippen LogP contribution in [0.5, 0.6) is 5.75 Å². The van der Waals surface area contributed by atoms with Crippen LogP contribution in [0, 0.1) is 0 Å². The van der Waals surface area contributed by atoms with Gasteiger partial charge in [-0.3, -0.25) is 9.36 Å². The Labute approximate surface area is 122 Å². The Hall–Kier alpha value is -2.59. The maximum atomic E-state index is 12.8. The molecule has 0 spiro atoms. The highest BCUT2D eigenvalue weighted by Crippen LogP contribution is 2.25. The van der Waals surface area contributed by atoms with Crippen LogP contribution in [0.3, 0.4) is 0 Å². The molecule has 4 heteroatoms. The van der Waals surface area contributed by atoms with E-state index in [1.165, 1.54) is 6.07 Å². The molecule has 2 aromatic carbocycles. The Kier molecular flexibility index (Phi) is 3.23. The quantitative estimate of drug-likeness (QED) is 0.758. The van der Waals surface area contributed by atoms with E-state index in [4.69, 9.17) is 5.73 Å². The predicted octanol–water partition coefficient (Wildman–Crippen LogP) is 2.72. The fourth-order valence-electron chi connectivity index (χ4n) is 2.54. The maximum absolute atomic E-state index is 12.8. The van der Waals surface area contributed by atoms with Gasteiger partial charge in [-0.2, -0.15) is 0 Å². The number of hydrogen-bond acceptors (Lipinski definition) is 3. The molecule has 1 unspecified atom stereocenters. The summed E-state index contributed by atoms with van der Waals surface area (Å²) in [5.74, 6) is -0.0154. The second-order valence-electron chi connectivity index (χ2n) is 5.08. The summed E-state index contributed by atoms with van der Waals surface area (Å²) in [6, 6.07) is 15.9. The van der Waals surface area contributed by atoms with Gasteiger partial charge in [0.25, 0.3) is 5.56 Å². The topological polar surface area (TPSA) is 68.2 Å². The second-order valence-corrected chi connectivity index (χ2v) is 5.08. The van der Waals surface area contributed by atoms with Crippen molar-refractivity contribution in [2.24, 2.45) is 5.73 Å². The van der Waals surface area contributed by atoms with Crippen LogP contribution in [-0.2, 0) is 0 Å². The van der Waals surface area contributed by atoms with Gasteiger partial charge in [-0.25, -0.2) is 0 Å². The Balaban J connectivity index is 2.47. The summed E-state index contributed by atoms with van der Waals surface area (Å²) in [5.41, 5.74) is 7.22. The molecule has 1 heterocycles. The van der Waals surface area contributed by atoms with Crippen molar-refractivity contribution in [1.29, 1.82) is 0 Å². The number of hydrogen-bond donors (Lipinski definition) is 2. The minimum Gasteiger partial charge on any atom is -0.507 e. The molecule has 0 radical (unpaired) electrons. The third kappa shape index (κ3) is 2.19. The first-order valence-corrected chi connectivity index (χ1v) is 6.78. The summed E-state index contributed by atoms with van der Waals surface area (Å²) < 4.78 is 1.56. The zero-order valence-corrected chi connectivity index (χ0v) is 11.7. The summed E-state index contributed by atoms with van der Waals surface area (Å²) >= 11 is 0. The highest BCUT2D eigenvalue weighted by molar-refractivity contribution is 5.88. The van der Waals surface area contributed by atoms with Crippen LogP contribution >= 0.6 is 0 Å². The summed E-state index contributed by atoms with van der Waals surface area (Å²) in [5, 5.41) is 11.0. The van der Waals surface area contributed by atoms with Crippen molar-refractivity contribution in [2.45, 2.75) is 13.0 Å². The fraction of sp³-hybridized carbons (Fsp3) is 0.118. The van der Waals surface area contributed by atoms with E-state index in [1.807, 2.05) is 43.3 Å². The van der Waals surface area contributed by atoms with E-state index in [1.54, 1.807) is 16.7 Å². The van der Waals surface area contributed by atoms with E-state index < -0.39 is 0 Å². The first-order chi connectivity index (χ1) is 10.1. The molecule has 0 aliphatic heterocycles. The van der Waals surface area contributed by atoms with Gasteiger partial charge in [0.1, 0.15) is 5.75 Å². The number of pyridine rings is 1. The minimum absolute atomic E-state index is 0.0154. The lowest BCUT2D eigenvalue weighted by atomic mass is 10.1. The maximum Gasteiger partial charge on any atom is 0.267 e. The molecule has 21 heavy (non-hydrogen) atoms. The molecule has 0 bridgehead atoms. The lowest BCUT2D eigenvalue weighted by Crippen LogP contribution is -2.25. The van der Waals surface area contributed by atoms with Crippen LogP contribution in [0.15, 0.2) is 59.4 Å². The molecule has 1 aromatic heterocycles. The normalized spacial score (nSPS) is 12.5. The largest absolute Gasteiger partial charge is 0.507 e. The molecule has 4 nitrogen and oxygen atoms in total. The van der Waals surface area contributed by atoms with Crippen molar-refractivity contribution in [1.82, 2.24) is 4.57 Å². The van der Waals surface area contributed by atoms with E-state index >= 15 is 0 Å². The van der Waals surface area contributed by atoms with Crippen LogP contribution in [0.2, 0.25) is 0 Å². The zero-order valence-electron chi connectivity index (χ0n) is 11.7. The van der Waals surface area contributed by atoms with E-state index in [0.717, 1.165) is 5.69 Å². The molecule has 0 saturated carbocycles. The van der Waals surface area contributed by atoms with E-state index in [9.17, 15) is 9.90 Å². The lowest BCUT2D eigenvalue weighted by Gasteiger charge is -2.17. The number of nitrogens with zero attached hydrogens (tertiary/aromatic N) is 1. The lowest BCUT2D eigenvalue weighted by molar-refractivity contribution is 0.481. The molecular formula is C17H16N2O2. The average molecular weight is 280 g/mol. The molecule has 3 rings (SSSR count). The number of aromatic hydroxyl groups is 1. The molecule has 1 atom stereocenters. The minimum atomic E-state index is -0.301. The standard InChI is InChI=1S/C17H16N2O2/c1-11(18)14-10-12-6-5-9-15(20)16(12)17(21)19(14)13-7-3-2-4-8-13/h2-11,20H,18H2,1H3. The molecule has 0 fully saturated rings. The molecule has 3 N–H and O–H groups in total. The zero-order chi connectivity index (χ0) is 15.0. The second kappa shape index (κ2) is 5.07. The Morgan fingerprint density at radius 3 is 2.48 bits per heavy atom. The van der Waals surface area contributed by atoms with E-state index in [2.05, 4.69) is 0 Å². The Morgan fingerprint density at radius 2 is 1.81 bits per heavy atom. The van der Waals surface area contributed by atoms with Gasteiger partial charge < -0.3 is 10.8 Å². The van der Waals surface area contributed by atoms with Crippen molar-refractivity contribution in [3.63, 3.8) is 0 Å². The molecule has 106 valence electrons. The van der Waals surface area contributed by atoms with Gasteiger partial charge in [0.15, 0.2) is 0 Å². The van der Waals surface area contributed by atoms with Gasteiger partial charge in [-0.15, -0.1) is 0 Å². The molecule has 0 amide bonds. The molecule has 0 saturated heterocycles. The van der Waals surface area contributed by atoms with Crippen molar-refractivity contribution in [3.8, 4) is 11.4 Å². The van der Waals surface area contributed by atoms with Crippen LogP contribution in [0.1, 0.15) is 18.7 Å². The van der Waals surface area contributed by atoms with E-state index in [-0.39, 0.29) is 17.4 Å². The third-order valence-corrected chi connectivity index (χ3v) is 3.53. The molecule has 3 aromatic rings. The van der Waals surface area contributed by atoms with Gasteiger partial charge >= 0.3 is 0 Å². The van der Waals surface area contributed by atoms with Crippen LogP contribution in [0.4, 0.5) is 0 Å². The average Bonchev–Trinajstić information content (AvgIpc) is 2.47. The number of fused-ring (bicyclic) bond motifs is 1. The van der Waals surface area contributed by atoms with Gasteiger partial charge in [-0.05, 0) is 36.6 Å². The number of phenols is 1. The van der Waals surface area contributed by atoms with E-state index in [0.29, 0.717) is 16.5 Å². The summed E-state index contributed by atoms with van der Waals surface area (Å²) in [6.45, 7) is 1.84. The number of nitrogens with two attached hydrogens (primary N) is 1. The van der Waals surface area contributed by atoms with Crippen LogP contribution < -0.4 is 11.3 Å². The highest BCUT2D eigenvalue weighted by atomic mass is 16.3. The number of rotatable bonds is 2. The van der Waals surface area contributed by atoms with Crippen molar-refractivity contribution in [3.05, 3.63) is 70.6 Å². The summed E-state index contributed by atoms with van der Waals surface area (Å²) in [7, 11) is 0. The smallest absolute Gasteiger partial charge is 0.267 e. The van der Waals surface area contributed by atoms with Gasteiger partial charge in [-0.1, -0.05) is 30.3 Å². The third-order valence-electron chi connectivity index (χ3n) is 3.53. The van der Waals surface area contributed by atoms with Gasteiger partial charge in [0, 0.05) is 17.4 Å². The summed E-state index contributed by atoms with van der Waals surface area (Å²) in [4.78, 5) is 12.8. The number of phenolic OH excluding ortho intramolecular Hbond substituents is 1. The predicted molar refractivity (Wildman–Crippen MR) is 83.8 cm³/mol. The first kappa shape index (κ1) is 13.4. The SMILES string of the molecule is CC(N)c1cc2cccc(O)c2c(=O)n1-c1ccccc1. The van der Waals surface area contributed by atoms with Gasteiger partial charge in [0.2, 0.25) is 0 Å². The van der Waals surface area contributed by atoms with Crippen LogP contribution in [0.25, 0.3) is 16.5 Å². The molecule has 0 aliphatic carbocycles. The molecule has 0 aliphatic rings. The Bertz CT molecular complexity index is 852. The number of benzene rings is 2. The number of para-hydroxylation sites is 1. The van der Waals surface area contributed by atoms with Gasteiger partial charge in [0.05, 0.1) is 5.39 Å². The summed E-state index contributed by atoms with van der Waals surface area (Å²) in [6.07, 6.45) is 0. The fourth-order valence-corrected chi connectivity index (χ4v) is 2.54. The van der Waals surface area contributed by atoms with Crippen LogP contribution in [-0.4, -0.2) is 9.67 Å². The Morgan fingerprint density at radius 1 is 1.10 bits per heavy atom. The van der Waals surface area contributed by atoms with Crippen molar-refractivity contribution < 1.29 is 5.11 Å². The first-order valence-electron chi connectivity index (χ1n) is 6.78. The van der Waals surface area contributed by atoms with Crippen molar-refractivity contribution in [2.75, 3.05) is 0 Å². The van der Waals surface area contributed by atoms with Crippen molar-refractivity contribution >= 4 is 10.8 Å². The molecular weight excluding hydrogens is 264 g/mol. The monoisotopic (exact) mass is 280 g/mol. The highest BCUT2D eigenvalue weighted by Gasteiger charge is 2.15. The number of aromatic nitrogens is 1.